The molecule has 0 spiro atoms. The van der Waals surface area contributed by atoms with Crippen molar-refractivity contribution in [1.29, 1.82) is 0 Å². The van der Waals surface area contributed by atoms with E-state index in [1.807, 2.05) is 28.4 Å². The molecule has 2 heterocycles. The minimum Gasteiger partial charge on any atom is -0.364 e. The summed E-state index contributed by atoms with van der Waals surface area (Å²) in [6.45, 7) is 3.54. The maximum Gasteiger partial charge on any atom is 0.126 e. The fraction of sp³-hybridized carbons (Fsp3) is 0.833. The molecule has 2 aliphatic heterocycles. The number of piperidine rings is 1. The fourth-order valence-electron chi connectivity index (χ4n) is 10.7. The van der Waals surface area contributed by atoms with E-state index in [0.717, 1.165) is 31.4 Å². The Bertz CT molecular complexity index is 1320. The van der Waals surface area contributed by atoms with Gasteiger partial charge in [-0.15, -0.1) is 0 Å². The van der Waals surface area contributed by atoms with Crippen molar-refractivity contribution in [1.82, 2.24) is 9.80 Å². The highest BCUT2D eigenvalue weighted by Crippen LogP contribution is 2.44. The van der Waals surface area contributed by atoms with Crippen LogP contribution in [0.2, 0.25) is 5.01 Å². The lowest BCUT2D eigenvalue weighted by molar-refractivity contribution is 0.133. The minimum atomic E-state index is -1.76. The predicted octanol–water partition coefficient (Wildman–Crippen LogP) is -16.6. The Labute approximate surface area is 437 Å². The van der Waals surface area contributed by atoms with E-state index in [2.05, 4.69) is 22.9 Å². The largest absolute Gasteiger partial charge is 0.364 e. The van der Waals surface area contributed by atoms with Gasteiger partial charge in [0.25, 0.3) is 0 Å². The van der Waals surface area contributed by atoms with Crippen molar-refractivity contribution >= 4 is 356 Å². The third kappa shape index (κ3) is 15.6. The quantitative estimate of drug-likeness (QED) is 0.0707. The molecule has 0 aromatic rings. The van der Waals surface area contributed by atoms with Crippen LogP contribution in [-0.2, 0) is 0 Å². The molecule has 0 aromatic heterocycles. The van der Waals surface area contributed by atoms with Crippen LogP contribution >= 0.6 is 0 Å². The zero-order valence-corrected chi connectivity index (χ0v) is 38.0. The van der Waals surface area contributed by atoms with Crippen molar-refractivity contribution in [3.63, 3.8) is 0 Å². The smallest absolute Gasteiger partial charge is 0.126 e. The van der Waals surface area contributed by atoms with Gasteiger partial charge in [0.15, 0.2) is 0 Å². The predicted molar refractivity (Wildman–Crippen MR) is 344 cm³/mol. The van der Waals surface area contributed by atoms with Crippen LogP contribution in [0.5, 0.6) is 0 Å². The van der Waals surface area contributed by atoms with Gasteiger partial charge in [0.2, 0.25) is 0 Å². The highest BCUT2D eigenvalue weighted by molar-refractivity contribution is 8.14. The summed E-state index contributed by atoms with van der Waals surface area (Å²) in [5.41, 5.74) is 1.04. The van der Waals surface area contributed by atoms with Crippen LogP contribution in [0.3, 0.4) is 0 Å². The Morgan fingerprint density at radius 1 is 0.531 bits per heavy atom. The van der Waals surface area contributed by atoms with Crippen LogP contribution in [-0.4, -0.2) is 384 Å². The van der Waals surface area contributed by atoms with Gasteiger partial charge in [-0.1, -0.05) is 6.92 Å². The summed E-state index contributed by atoms with van der Waals surface area (Å²) in [7, 11) is 168. The van der Waals surface area contributed by atoms with Gasteiger partial charge in [-0.05, 0) is 32.6 Å². The monoisotopic (exact) mass is 742 g/mol. The third-order valence-corrected chi connectivity index (χ3v) is 13.8. The fourth-order valence-corrected chi connectivity index (χ4v) is 10.7. The van der Waals surface area contributed by atoms with Gasteiger partial charge in [-0.3, -0.25) is 0 Å². The van der Waals surface area contributed by atoms with E-state index >= 15 is 0 Å². The molecule has 0 N–H and O–H groups in total. The first-order valence-electron chi connectivity index (χ1n) is 22.3. The molecule has 52 heteroatoms. The lowest BCUT2D eigenvalue weighted by atomic mass is 8.41. The number of allylic oxidation sites excluding steroid dienone is 1. The van der Waals surface area contributed by atoms with Gasteiger partial charge in [0.1, 0.15) is 6.60 Å². The van der Waals surface area contributed by atoms with Gasteiger partial charge in [0, 0.05) is 374 Å². The van der Waals surface area contributed by atoms with E-state index in [0.29, 0.717) is 6.54 Å². The van der Waals surface area contributed by atoms with Crippen LogP contribution in [0, 0.1) is 0 Å². The zero-order valence-electron chi connectivity index (χ0n) is 38.0. The van der Waals surface area contributed by atoms with E-state index in [1.54, 1.807) is 0 Å². The second-order valence-electron chi connectivity index (χ2n) is 18.2. The van der Waals surface area contributed by atoms with Gasteiger partial charge in [-0.25, -0.2) is 0 Å². The Morgan fingerprint density at radius 2 is 0.969 bits per heavy atom. The normalized spacial score (nSPS) is 15.7. The second-order valence-corrected chi connectivity index (χ2v) is 18.2. The molecular formula is C12H19B50N2. The van der Waals surface area contributed by atoms with E-state index in [4.69, 9.17) is 186 Å². The molecule has 2 rings (SSSR count). The van der Waals surface area contributed by atoms with Crippen LogP contribution < -0.4 is 0 Å². The SMILES string of the molecule is [B][B]B([B])B([B]C([B]B(B([B])[B])B([B][B])B([B])[B])([B]B(B([B])[B])B(B([B])[B])B([B])[B])B(B(B([B])B([B])[B])B(B([B])[B])B([B])[B])C1N(CC)C=C2CCCC(CC)N21)B(B([B])[B])B([B])[B]. The molecule has 2 nitrogen and oxygen atoms in total. The van der Waals surface area contributed by atoms with Crippen molar-refractivity contribution in [2.45, 2.75) is 56.7 Å². The highest BCUT2D eigenvalue weighted by Gasteiger charge is 2.61. The van der Waals surface area contributed by atoms with Crippen LogP contribution in [0.4, 0.5) is 0 Å². The second kappa shape index (κ2) is 28.7. The van der Waals surface area contributed by atoms with Gasteiger partial charge >= 0.3 is 0 Å². The Balaban J connectivity index is 3.69. The average Bonchev–Trinajstić information content (AvgIpc) is 3.56. The number of nitrogens with zero attached hydrogens (tertiary/aromatic N) is 2. The van der Waals surface area contributed by atoms with Crippen LogP contribution in [0.15, 0.2) is 11.9 Å². The summed E-state index contributed by atoms with van der Waals surface area (Å²) >= 11 is 0. The third-order valence-electron chi connectivity index (χ3n) is 13.8. The summed E-state index contributed by atoms with van der Waals surface area (Å²) in [6, 6.07) is -0.725. The number of fused-ring (bicyclic) bond motifs is 1. The van der Waals surface area contributed by atoms with Crippen molar-refractivity contribution in [2.24, 2.45) is 0 Å². The molecule has 1 fully saturated rings. The van der Waals surface area contributed by atoms with Crippen molar-refractivity contribution in [3.8, 4) is 0 Å². The molecule has 1 saturated heterocycles. The topological polar surface area (TPSA) is 6.48 Å². The molecular weight excluding hydrogens is 713 g/mol. The summed E-state index contributed by atoms with van der Waals surface area (Å²) in [5, 5.41) is -1.76. The maximum atomic E-state index is 7.33. The average molecular weight is 732 g/mol. The van der Waals surface area contributed by atoms with E-state index in [1.165, 1.54) is 14.1 Å². The first-order chi connectivity index (χ1) is 29.7. The Hall–Kier alpha value is 2.59. The van der Waals surface area contributed by atoms with Crippen molar-refractivity contribution < 1.29 is 0 Å². The number of hydrogen-bond acceptors (Lipinski definition) is 2. The summed E-state index contributed by atoms with van der Waals surface area (Å²) in [6.07, 6.45) is -17.2. The first kappa shape index (κ1) is 62.7. The van der Waals surface area contributed by atoms with Gasteiger partial charge < -0.3 is 9.80 Å². The molecule has 0 amide bonds. The van der Waals surface area contributed by atoms with Crippen LogP contribution in [0.25, 0.3) is 0 Å². The number of hydrogen-bond donors (Lipinski definition) is 0. The first-order valence-corrected chi connectivity index (χ1v) is 22.3. The molecule has 0 aromatic carbocycles. The highest BCUT2D eigenvalue weighted by atomic mass is 15.4. The molecule has 64 heavy (non-hydrogen) atoms. The van der Waals surface area contributed by atoms with E-state index < -0.39 is 145 Å². The van der Waals surface area contributed by atoms with E-state index in [9.17, 15) is 0 Å². The molecule has 0 aliphatic carbocycles. The summed E-state index contributed by atoms with van der Waals surface area (Å²) < 4.78 is 0. The molecule has 3 atom stereocenters. The number of rotatable bonds is 29. The van der Waals surface area contributed by atoms with E-state index in [-0.39, 0.29) is 6.04 Å². The standard InChI is InChI=1S/C12H19B50N2/c1-3-9-6-5-7-10-8-63(4-2)11(64(9)10)42(59(54(36)43(15)16)62(51(31)32)52(33)34)12(37-55(44(17)18)58(41-14)46(21)22,38-56(45(19)20)60(47(23)24)48(25)26)39-57(53(35)40-13)61(49(27)28)50(29)30/h8-9,11H,3-7H2,1-2H3. The lowest BCUT2D eigenvalue weighted by Gasteiger charge is -2.60. The van der Waals surface area contributed by atoms with Gasteiger partial charge in [-0.2, -0.15) is 5.01 Å². The minimum absolute atomic E-state index is 0.0229. The van der Waals surface area contributed by atoms with Crippen molar-refractivity contribution in [3.05, 3.63) is 11.9 Å². The zero-order chi connectivity index (χ0) is 49.3. The Morgan fingerprint density at radius 3 is 1.34 bits per heavy atom. The molecule has 3 unspecified atom stereocenters. The maximum absolute atomic E-state index is 7.33. The van der Waals surface area contributed by atoms with Gasteiger partial charge in [0.05, 0.1) is 6.07 Å². The van der Waals surface area contributed by atoms with Crippen molar-refractivity contribution in [2.75, 3.05) is 6.54 Å². The molecule has 227 valence electrons. The molecule has 0 bridgehead atoms. The summed E-state index contributed by atoms with van der Waals surface area (Å²) in [5.74, 6) is 0. The molecule has 0 saturated carbocycles. The lowest BCUT2D eigenvalue weighted by Crippen LogP contribution is -2.86. The van der Waals surface area contributed by atoms with Crippen LogP contribution in [0.1, 0.15) is 39.5 Å². The Kier molecular flexibility index (Phi) is 28.1. The summed E-state index contributed by atoms with van der Waals surface area (Å²) in [4.78, 5) is 4.52. The molecule has 2 aliphatic rings. The molecule has 53 radical (unpaired) electrons.